The first-order valence-electron chi connectivity index (χ1n) is 9.18. The summed E-state index contributed by atoms with van der Waals surface area (Å²) in [5, 5.41) is 9.33. The summed E-state index contributed by atoms with van der Waals surface area (Å²) in [6.45, 7) is 2.43. The highest BCUT2D eigenvalue weighted by atomic mass is 35.5. The molecule has 2 heterocycles. The summed E-state index contributed by atoms with van der Waals surface area (Å²) in [5.41, 5.74) is 5.23. The summed E-state index contributed by atoms with van der Waals surface area (Å²) < 4.78 is 0. The SMILES string of the molecule is Cl.O=C(O)C1CCCN(CC=C2c3ccccc3CSc3ccccc32)C1. The first-order chi connectivity index (χ1) is 12.7. The van der Waals surface area contributed by atoms with E-state index < -0.39 is 5.97 Å². The summed E-state index contributed by atoms with van der Waals surface area (Å²) in [6.07, 6.45) is 4.06. The molecule has 0 saturated carbocycles. The van der Waals surface area contributed by atoms with Crippen LogP contribution in [0, 0.1) is 5.92 Å². The number of hydrogen-bond acceptors (Lipinski definition) is 3. The largest absolute Gasteiger partial charge is 0.481 e. The number of thioether (sulfide) groups is 1. The molecule has 1 unspecified atom stereocenters. The third-order valence-electron chi connectivity index (χ3n) is 5.28. The minimum atomic E-state index is -0.663. The highest BCUT2D eigenvalue weighted by Gasteiger charge is 2.25. The van der Waals surface area contributed by atoms with Crippen molar-refractivity contribution in [1.82, 2.24) is 4.90 Å². The lowest BCUT2D eigenvalue weighted by molar-refractivity contribution is -0.143. The number of likely N-dealkylation sites (tertiary alicyclic amines) is 1. The maximum atomic E-state index is 11.3. The van der Waals surface area contributed by atoms with Crippen LogP contribution in [0.1, 0.15) is 29.5 Å². The van der Waals surface area contributed by atoms with Crippen molar-refractivity contribution in [2.45, 2.75) is 23.5 Å². The van der Waals surface area contributed by atoms with Crippen molar-refractivity contribution in [3.05, 3.63) is 71.3 Å². The van der Waals surface area contributed by atoms with E-state index in [4.69, 9.17) is 0 Å². The Labute approximate surface area is 170 Å². The Hall–Kier alpha value is -1.75. The van der Waals surface area contributed by atoms with Gasteiger partial charge < -0.3 is 5.11 Å². The molecule has 1 N–H and O–H groups in total. The molecule has 0 bridgehead atoms. The van der Waals surface area contributed by atoms with Crippen LogP contribution in [0.3, 0.4) is 0 Å². The predicted molar refractivity (Wildman–Crippen MR) is 114 cm³/mol. The van der Waals surface area contributed by atoms with Gasteiger partial charge in [-0.2, -0.15) is 0 Å². The van der Waals surface area contributed by atoms with Crippen molar-refractivity contribution in [3.8, 4) is 0 Å². The van der Waals surface area contributed by atoms with Gasteiger partial charge in [-0.05, 0) is 47.7 Å². The minimum Gasteiger partial charge on any atom is -0.481 e. The molecule has 1 atom stereocenters. The van der Waals surface area contributed by atoms with Gasteiger partial charge in [0.25, 0.3) is 0 Å². The number of carbonyl (C=O) groups is 1. The second-order valence-electron chi connectivity index (χ2n) is 7.00. The van der Waals surface area contributed by atoms with Gasteiger partial charge in [0, 0.05) is 23.7 Å². The standard InChI is InChI=1S/C22H23NO2S.ClH/c24-22(25)16-7-5-12-23(14-16)13-11-19-18-8-2-1-6-17(18)15-26-21-10-4-3-9-20(19)21;/h1-4,6,8-11,16H,5,7,12-15H2,(H,24,25);1H. The second-order valence-corrected chi connectivity index (χ2v) is 8.01. The van der Waals surface area contributed by atoms with E-state index in [9.17, 15) is 9.90 Å². The summed E-state index contributed by atoms with van der Waals surface area (Å²) in [4.78, 5) is 14.9. The van der Waals surface area contributed by atoms with Crippen molar-refractivity contribution in [2.24, 2.45) is 5.92 Å². The average molecular weight is 402 g/mol. The van der Waals surface area contributed by atoms with E-state index in [2.05, 4.69) is 59.5 Å². The van der Waals surface area contributed by atoms with E-state index in [1.54, 1.807) is 0 Å². The van der Waals surface area contributed by atoms with Gasteiger partial charge in [0.05, 0.1) is 5.92 Å². The lowest BCUT2D eigenvalue weighted by atomic mass is 9.93. The van der Waals surface area contributed by atoms with Gasteiger partial charge in [0.2, 0.25) is 0 Å². The number of carboxylic acids is 1. The van der Waals surface area contributed by atoms with Gasteiger partial charge in [-0.1, -0.05) is 48.5 Å². The van der Waals surface area contributed by atoms with Gasteiger partial charge in [0.15, 0.2) is 0 Å². The second kappa shape index (κ2) is 8.96. The molecule has 0 spiro atoms. The Morgan fingerprint density at radius 2 is 1.89 bits per heavy atom. The summed E-state index contributed by atoms with van der Waals surface area (Å²) >= 11 is 1.89. The fourth-order valence-corrected chi connectivity index (χ4v) is 4.96. The molecule has 142 valence electrons. The molecule has 4 rings (SSSR count). The zero-order valence-corrected chi connectivity index (χ0v) is 16.8. The number of nitrogens with zero attached hydrogens (tertiary/aromatic N) is 1. The van der Waals surface area contributed by atoms with E-state index in [1.165, 1.54) is 27.2 Å². The van der Waals surface area contributed by atoms with Gasteiger partial charge in [-0.3, -0.25) is 9.69 Å². The highest BCUT2D eigenvalue weighted by molar-refractivity contribution is 7.98. The van der Waals surface area contributed by atoms with Crippen molar-refractivity contribution >= 4 is 35.7 Å². The molecule has 2 aromatic carbocycles. The molecule has 2 aromatic rings. The predicted octanol–water partition coefficient (Wildman–Crippen LogP) is 4.94. The summed E-state index contributed by atoms with van der Waals surface area (Å²) in [5.74, 6) is 0.0883. The van der Waals surface area contributed by atoms with Crippen LogP contribution in [-0.4, -0.2) is 35.6 Å². The molecular formula is C22H24ClNO2S. The van der Waals surface area contributed by atoms with E-state index in [0.717, 1.165) is 31.7 Å². The zero-order chi connectivity index (χ0) is 17.9. The summed E-state index contributed by atoms with van der Waals surface area (Å²) in [7, 11) is 0. The fraction of sp³-hybridized carbons (Fsp3) is 0.318. The van der Waals surface area contributed by atoms with Crippen molar-refractivity contribution < 1.29 is 9.90 Å². The number of hydrogen-bond donors (Lipinski definition) is 1. The maximum Gasteiger partial charge on any atom is 0.307 e. The Balaban J connectivity index is 0.00000210. The highest BCUT2D eigenvalue weighted by Crippen LogP contribution is 2.39. The number of rotatable bonds is 3. The third-order valence-corrected chi connectivity index (χ3v) is 6.40. The van der Waals surface area contributed by atoms with E-state index in [-0.39, 0.29) is 18.3 Å². The molecule has 0 aromatic heterocycles. The Bertz CT molecular complexity index is 802. The molecular weight excluding hydrogens is 378 g/mol. The number of aliphatic carboxylic acids is 1. The van der Waals surface area contributed by atoms with Crippen LogP contribution >= 0.6 is 24.2 Å². The lowest BCUT2D eigenvalue weighted by Crippen LogP contribution is -2.38. The molecule has 0 amide bonds. The smallest absolute Gasteiger partial charge is 0.307 e. The molecule has 1 saturated heterocycles. The topological polar surface area (TPSA) is 40.5 Å². The fourth-order valence-electron chi connectivity index (χ4n) is 3.89. The third kappa shape index (κ3) is 4.40. The normalized spacial score (nSPS) is 20.9. The van der Waals surface area contributed by atoms with Crippen molar-refractivity contribution in [3.63, 3.8) is 0 Å². The first kappa shape index (κ1) is 20.0. The van der Waals surface area contributed by atoms with Crippen LogP contribution < -0.4 is 0 Å². The molecule has 5 heteroatoms. The Morgan fingerprint density at radius 3 is 2.70 bits per heavy atom. The van der Waals surface area contributed by atoms with Crippen LogP contribution in [0.25, 0.3) is 5.57 Å². The molecule has 2 aliphatic heterocycles. The average Bonchev–Trinajstić information content (AvgIpc) is 2.83. The molecule has 27 heavy (non-hydrogen) atoms. The number of fused-ring (bicyclic) bond motifs is 2. The van der Waals surface area contributed by atoms with Crippen molar-refractivity contribution in [1.29, 1.82) is 0 Å². The van der Waals surface area contributed by atoms with Gasteiger partial charge in [0.1, 0.15) is 0 Å². The van der Waals surface area contributed by atoms with Crippen LogP contribution in [0.5, 0.6) is 0 Å². The zero-order valence-electron chi connectivity index (χ0n) is 15.1. The van der Waals surface area contributed by atoms with Crippen LogP contribution in [0.4, 0.5) is 0 Å². The van der Waals surface area contributed by atoms with Crippen LogP contribution in [0.15, 0.2) is 59.5 Å². The van der Waals surface area contributed by atoms with Gasteiger partial charge in [-0.15, -0.1) is 24.2 Å². The quantitative estimate of drug-likeness (QED) is 0.790. The molecule has 2 aliphatic rings. The molecule has 0 aliphatic carbocycles. The number of benzene rings is 2. The Morgan fingerprint density at radius 1 is 1.15 bits per heavy atom. The van der Waals surface area contributed by atoms with Crippen molar-refractivity contribution in [2.75, 3.05) is 19.6 Å². The monoisotopic (exact) mass is 401 g/mol. The van der Waals surface area contributed by atoms with E-state index in [1.807, 2.05) is 11.8 Å². The summed E-state index contributed by atoms with van der Waals surface area (Å²) in [6, 6.07) is 17.2. The van der Waals surface area contributed by atoms with Gasteiger partial charge >= 0.3 is 5.97 Å². The van der Waals surface area contributed by atoms with Crippen LogP contribution in [-0.2, 0) is 10.5 Å². The molecule has 0 radical (unpaired) electrons. The lowest BCUT2D eigenvalue weighted by Gasteiger charge is -2.30. The number of piperidine rings is 1. The van der Waals surface area contributed by atoms with Crippen LogP contribution in [0.2, 0.25) is 0 Å². The number of halogens is 1. The van der Waals surface area contributed by atoms with E-state index >= 15 is 0 Å². The Kier molecular flexibility index (Phi) is 6.64. The maximum absolute atomic E-state index is 11.3. The molecule has 3 nitrogen and oxygen atoms in total. The van der Waals surface area contributed by atoms with Gasteiger partial charge in [-0.25, -0.2) is 0 Å². The minimum absolute atomic E-state index is 0. The molecule has 1 fully saturated rings. The number of carboxylic acid groups (broad SMARTS) is 1. The van der Waals surface area contributed by atoms with E-state index in [0.29, 0.717) is 6.54 Å². The first-order valence-corrected chi connectivity index (χ1v) is 10.2.